The molecule has 0 bridgehead atoms. The number of thioether (sulfide) groups is 1. The summed E-state index contributed by atoms with van der Waals surface area (Å²) in [6, 6.07) is 17.8. The number of fused-ring (bicyclic) bond motifs is 1. The molecule has 0 saturated carbocycles. The molecule has 2 aliphatic heterocycles. The molecule has 5 rings (SSSR count). The zero-order valence-corrected chi connectivity index (χ0v) is 21.0. The monoisotopic (exact) mass is 516 g/mol. The third-order valence-corrected chi connectivity index (χ3v) is 7.23. The Kier molecular flexibility index (Phi) is 6.96. The maximum Gasteiger partial charge on any atom is 0.344 e. The minimum atomic E-state index is -0.548. The van der Waals surface area contributed by atoms with E-state index in [2.05, 4.69) is 0 Å². The van der Waals surface area contributed by atoms with E-state index in [0.29, 0.717) is 30.0 Å². The summed E-state index contributed by atoms with van der Waals surface area (Å²) in [5.41, 5.74) is 0.951. The van der Waals surface area contributed by atoms with Crippen LogP contribution in [0.15, 0.2) is 65.6 Å². The average Bonchev–Trinajstić information content (AvgIpc) is 3.54. The van der Waals surface area contributed by atoms with Crippen molar-refractivity contribution in [2.24, 2.45) is 0 Å². The van der Waals surface area contributed by atoms with Gasteiger partial charge in [0.2, 0.25) is 5.91 Å². The summed E-state index contributed by atoms with van der Waals surface area (Å²) < 4.78 is 11.1. The number of nitrogens with zero attached hydrogens (tertiary/aromatic N) is 2. The molecule has 0 aliphatic carbocycles. The number of likely N-dealkylation sites (tertiary alicyclic amines) is 1. The fourth-order valence-electron chi connectivity index (χ4n) is 4.41. The first-order valence-corrected chi connectivity index (χ1v) is 12.7. The van der Waals surface area contributed by atoms with E-state index in [1.807, 2.05) is 30.3 Å². The fraction of sp³-hybridized carbons (Fsp3) is 0.214. The Morgan fingerprint density at radius 3 is 2.51 bits per heavy atom. The highest BCUT2D eigenvalue weighted by molar-refractivity contribution is 8.18. The van der Waals surface area contributed by atoms with Gasteiger partial charge in [0.25, 0.3) is 11.1 Å². The van der Waals surface area contributed by atoms with Crippen LogP contribution >= 0.6 is 11.8 Å². The number of hydrogen-bond donors (Lipinski definition) is 0. The molecular formula is C28H24N2O6S. The molecule has 0 atom stereocenters. The van der Waals surface area contributed by atoms with Crippen LogP contribution in [-0.2, 0) is 9.59 Å². The molecule has 0 N–H and O–H groups in total. The summed E-state index contributed by atoms with van der Waals surface area (Å²) >= 11 is 0.778. The van der Waals surface area contributed by atoms with Gasteiger partial charge in [-0.05, 0) is 65.2 Å². The number of ether oxygens (including phenoxy) is 2. The maximum absolute atomic E-state index is 13.1. The second-order valence-corrected chi connectivity index (χ2v) is 9.68. The highest BCUT2D eigenvalue weighted by Crippen LogP contribution is 2.35. The number of methoxy groups -OCH3 is 1. The van der Waals surface area contributed by atoms with Crippen molar-refractivity contribution in [3.05, 3.63) is 76.7 Å². The van der Waals surface area contributed by atoms with Gasteiger partial charge in [-0.25, -0.2) is 4.79 Å². The second-order valence-electron chi connectivity index (χ2n) is 8.68. The van der Waals surface area contributed by atoms with E-state index >= 15 is 0 Å². The standard InChI is InChI=1S/C28H24N2O6S/c1-35-22-12-11-18(15-23(22)36-27(33)21-10-6-8-19-7-2-3-9-20(19)21)16-24-26(32)30(28(34)37-24)17-25(31)29-13-4-5-14-29/h2-3,6-12,15-16H,4-5,13-14,17H2,1H3/b24-16-. The van der Waals surface area contributed by atoms with Crippen LogP contribution in [-0.4, -0.2) is 59.6 Å². The highest BCUT2D eigenvalue weighted by atomic mass is 32.2. The van der Waals surface area contributed by atoms with Gasteiger partial charge in [-0.3, -0.25) is 19.3 Å². The van der Waals surface area contributed by atoms with Crippen LogP contribution in [0, 0.1) is 0 Å². The molecule has 0 spiro atoms. The quantitative estimate of drug-likeness (QED) is 0.266. The summed E-state index contributed by atoms with van der Waals surface area (Å²) in [4.78, 5) is 53.7. The molecule has 8 nitrogen and oxygen atoms in total. The highest BCUT2D eigenvalue weighted by Gasteiger charge is 2.37. The fourth-order valence-corrected chi connectivity index (χ4v) is 5.25. The number of imide groups is 1. The predicted molar refractivity (Wildman–Crippen MR) is 140 cm³/mol. The lowest BCUT2D eigenvalue weighted by Crippen LogP contribution is -2.40. The number of carbonyl (C=O) groups excluding carboxylic acids is 4. The van der Waals surface area contributed by atoms with Crippen LogP contribution in [0.1, 0.15) is 28.8 Å². The van der Waals surface area contributed by atoms with Gasteiger partial charge in [-0.15, -0.1) is 0 Å². The van der Waals surface area contributed by atoms with Gasteiger partial charge in [0.15, 0.2) is 11.5 Å². The number of hydrogen-bond acceptors (Lipinski definition) is 7. The van der Waals surface area contributed by atoms with Crippen molar-refractivity contribution in [1.82, 2.24) is 9.80 Å². The number of amides is 3. The van der Waals surface area contributed by atoms with Crippen LogP contribution in [0.2, 0.25) is 0 Å². The van der Waals surface area contributed by atoms with Crippen LogP contribution in [0.3, 0.4) is 0 Å². The molecular weight excluding hydrogens is 492 g/mol. The first-order chi connectivity index (χ1) is 17.9. The van der Waals surface area contributed by atoms with Crippen molar-refractivity contribution in [3.8, 4) is 11.5 Å². The molecule has 188 valence electrons. The third-order valence-electron chi connectivity index (χ3n) is 6.32. The zero-order valence-electron chi connectivity index (χ0n) is 20.1. The summed E-state index contributed by atoms with van der Waals surface area (Å²) in [7, 11) is 1.47. The third kappa shape index (κ3) is 5.08. The largest absolute Gasteiger partial charge is 0.493 e. The first kappa shape index (κ1) is 24.6. The number of esters is 1. The Morgan fingerprint density at radius 1 is 0.973 bits per heavy atom. The Hall–Kier alpha value is -4.11. The van der Waals surface area contributed by atoms with Crippen molar-refractivity contribution in [2.75, 3.05) is 26.7 Å². The number of rotatable bonds is 6. The van der Waals surface area contributed by atoms with Crippen molar-refractivity contribution < 1.29 is 28.7 Å². The molecule has 0 unspecified atom stereocenters. The lowest BCUT2D eigenvalue weighted by atomic mass is 10.0. The number of carbonyl (C=O) groups is 4. The Morgan fingerprint density at radius 2 is 1.73 bits per heavy atom. The molecule has 2 heterocycles. The topological polar surface area (TPSA) is 93.2 Å². The second kappa shape index (κ2) is 10.5. The van der Waals surface area contributed by atoms with Gasteiger partial charge in [0.05, 0.1) is 17.6 Å². The Labute approximate surface area is 217 Å². The van der Waals surface area contributed by atoms with Crippen LogP contribution in [0.25, 0.3) is 16.8 Å². The molecule has 0 aromatic heterocycles. The summed E-state index contributed by atoms with van der Waals surface area (Å²) in [5, 5.41) is 1.19. The van der Waals surface area contributed by atoms with Gasteiger partial charge in [0.1, 0.15) is 6.54 Å². The van der Waals surface area contributed by atoms with E-state index in [-0.39, 0.29) is 23.1 Å². The summed E-state index contributed by atoms with van der Waals surface area (Å²) in [5.74, 6) is -0.776. The summed E-state index contributed by atoms with van der Waals surface area (Å²) in [6.45, 7) is 1.03. The molecule has 2 saturated heterocycles. The zero-order chi connectivity index (χ0) is 25.9. The molecule has 2 fully saturated rings. The molecule has 3 aromatic rings. The average molecular weight is 517 g/mol. The van der Waals surface area contributed by atoms with E-state index in [1.165, 1.54) is 7.11 Å². The maximum atomic E-state index is 13.1. The molecule has 3 aromatic carbocycles. The van der Waals surface area contributed by atoms with E-state index in [1.54, 1.807) is 41.3 Å². The van der Waals surface area contributed by atoms with Gasteiger partial charge in [-0.1, -0.05) is 42.5 Å². The minimum absolute atomic E-state index is 0.178. The van der Waals surface area contributed by atoms with E-state index in [0.717, 1.165) is 40.3 Å². The van der Waals surface area contributed by atoms with Crippen molar-refractivity contribution in [3.63, 3.8) is 0 Å². The van der Waals surface area contributed by atoms with Crippen LogP contribution < -0.4 is 9.47 Å². The van der Waals surface area contributed by atoms with Gasteiger partial charge < -0.3 is 14.4 Å². The first-order valence-electron chi connectivity index (χ1n) is 11.9. The minimum Gasteiger partial charge on any atom is -0.493 e. The van der Waals surface area contributed by atoms with Gasteiger partial charge in [-0.2, -0.15) is 0 Å². The van der Waals surface area contributed by atoms with E-state index < -0.39 is 17.1 Å². The normalized spacial score (nSPS) is 16.6. The lowest BCUT2D eigenvalue weighted by Gasteiger charge is -2.18. The van der Waals surface area contributed by atoms with Crippen LogP contribution in [0.5, 0.6) is 11.5 Å². The van der Waals surface area contributed by atoms with E-state index in [4.69, 9.17) is 9.47 Å². The van der Waals surface area contributed by atoms with Gasteiger partial charge >= 0.3 is 5.97 Å². The van der Waals surface area contributed by atoms with Crippen LogP contribution in [0.4, 0.5) is 4.79 Å². The Bertz CT molecular complexity index is 1440. The lowest BCUT2D eigenvalue weighted by molar-refractivity contribution is -0.135. The number of benzene rings is 3. The van der Waals surface area contributed by atoms with E-state index in [9.17, 15) is 19.2 Å². The smallest absolute Gasteiger partial charge is 0.344 e. The predicted octanol–water partition coefficient (Wildman–Crippen LogP) is 4.73. The summed E-state index contributed by atoms with van der Waals surface area (Å²) in [6.07, 6.45) is 3.40. The SMILES string of the molecule is COc1ccc(/C=C2\SC(=O)N(CC(=O)N3CCCC3)C2=O)cc1OC(=O)c1cccc2ccccc12. The van der Waals surface area contributed by atoms with Gasteiger partial charge in [0, 0.05) is 13.1 Å². The molecule has 9 heteroatoms. The van der Waals surface area contributed by atoms with Crippen molar-refractivity contribution in [1.29, 1.82) is 0 Å². The van der Waals surface area contributed by atoms with Crippen molar-refractivity contribution >= 4 is 51.6 Å². The molecule has 0 radical (unpaired) electrons. The molecule has 2 aliphatic rings. The molecule has 37 heavy (non-hydrogen) atoms. The molecule has 3 amide bonds. The Balaban J connectivity index is 1.37. The van der Waals surface area contributed by atoms with Crippen molar-refractivity contribution in [2.45, 2.75) is 12.8 Å².